The van der Waals surface area contributed by atoms with Gasteiger partial charge in [-0.2, -0.15) is 0 Å². The van der Waals surface area contributed by atoms with Crippen molar-refractivity contribution in [3.8, 4) is 0 Å². The van der Waals surface area contributed by atoms with Gasteiger partial charge in [0.25, 0.3) is 0 Å². The summed E-state index contributed by atoms with van der Waals surface area (Å²) in [7, 11) is 1.63. The fourth-order valence-corrected chi connectivity index (χ4v) is 0.713. The zero-order chi connectivity index (χ0) is 10.3. The number of aliphatic hydroxyl groups excluding tert-OH is 1. The Morgan fingerprint density at radius 2 is 2.31 bits per heavy atom. The molecule has 0 saturated carbocycles. The number of nitrogens with zero attached hydrogens (tertiary/aromatic N) is 1. The van der Waals surface area contributed by atoms with Crippen molar-refractivity contribution in [2.75, 3.05) is 33.4 Å². The quantitative estimate of drug-likeness (QED) is 0.516. The summed E-state index contributed by atoms with van der Waals surface area (Å²) in [6.45, 7) is 2.54. The molecule has 0 heterocycles. The van der Waals surface area contributed by atoms with E-state index in [-0.39, 0.29) is 25.2 Å². The van der Waals surface area contributed by atoms with Gasteiger partial charge in [-0.1, -0.05) is 0 Å². The van der Waals surface area contributed by atoms with E-state index in [1.807, 2.05) is 0 Å². The van der Waals surface area contributed by atoms with Crippen LogP contribution in [0.2, 0.25) is 0 Å². The molecule has 1 amide bonds. The zero-order valence-electron chi connectivity index (χ0n) is 8.19. The van der Waals surface area contributed by atoms with Crippen LogP contribution in [0, 0.1) is 0 Å². The third-order valence-electron chi connectivity index (χ3n) is 1.81. The van der Waals surface area contributed by atoms with Gasteiger partial charge < -0.3 is 20.5 Å². The number of carbonyl (C=O) groups excluding carboxylic acids is 1. The van der Waals surface area contributed by atoms with E-state index in [0.29, 0.717) is 13.2 Å². The normalized spacial score (nSPS) is 12.6. The first-order valence-corrected chi connectivity index (χ1v) is 4.27. The SMILES string of the molecule is CC(CO)N(C)C(=O)COCCN. The molecule has 13 heavy (non-hydrogen) atoms. The summed E-state index contributed by atoms with van der Waals surface area (Å²) >= 11 is 0. The molecule has 0 rings (SSSR count). The minimum Gasteiger partial charge on any atom is -0.394 e. The Balaban J connectivity index is 3.69. The molecule has 0 aliphatic carbocycles. The van der Waals surface area contributed by atoms with Gasteiger partial charge in [0.1, 0.15) is 6.61 Å². The van der Waals surface area contributed by atoms with Gasteiger partial charge in [0, 0.05) is 13.6 Å². The largest absolute Gasteiger partial charge is 0.394 e. The summed E-state index contributed by atoms with van der Waals surface area (Å²) in [5, 5.41) is 8.77. The van der Waals surface area contributed by atoms with E-state index in [1.165, 1.54) is 4.90 Å². The minimum atomic E-state index is -0.172. The summed E-state index contributed by atoms with van der Waals surface area (Å²) in [6, 6.07) is -0.172. The predicted molar refractivity (Wildman–Crippen MR) is 49.2 cm³/mol. The van der Waals surface area contributed by atoms with Crippen LogP contribution in [0.3, 0.4) is 0 Å². The Morgan fingerprint density at radius 3 is 2.77 bits per heavy atom. The van der Waals surface area contributed by atoms with Crippen LogP contribution in [-0.4, -0.2) is 55.4 Å². The van der Waals surface area contributed by atoms with Crippen LogP contribution in [0.4, 0.5) is 0 Å². The number of aliphatic hydroxyl groups is 1. The van der Waals surface area contributed by atoms with Crippen LogP contribution in [0.25, 0.3) is 0 Å². The highest BCUT2D eigenvalue weighted by Crippen LogP contribution is 1.95. The molecule has 0 fully saturated rings. The molecular formula is C8H18N2O3. The number of hydrogen-bond acceptors (Lipinski definition) is 4. The molecule has 0 aromatic heterocycles. The molecule has 0 spiro atoms. The maximum Gasteiger partial charge on any atom is 0.248 e. The minimum absolute atomic E-state index is 0.0258. The van der Waals surface area contributed by atoms with Gasteiger partial charge in [0.05, 0.1) is 19.3 Å². The first kappa shape index (κ1) is 12.3. The standard InChI is InChI=1S/C8H18N2O3/c1-7(5-11)10(2)8(12)6-13-4-3-9/h7,11H,3-6,9H2,1-2H3. The van der Waals surface area contributed by atoms with E-state index >= 15 is 0 Å². The van der Waals surface area contributed by atoms with Crippen molar-refractivity contribution >= 4 is 5.91 Å². The van der Waals surface area contributed by atoms with Gasteiger partial charge in [-0.25, -0.2) is 0 Å². The molecule has 0 saturated heterocycles. The van der Waals surface area contributed by atoms with E-state index in [4.69, 9.17) is 15.6 Å². The Bertz CT molecular complexity index is 152. The molecule has 5 nitrogen and oxygen atoms in total. The first-order chi connectivity index (χ1) is 6.13. The summed E-state index contributed by atoms with van der Waals surface area (Å²) in [5.41, 5.74) is 5.19. The van der Waals surface area contributed by atoms with E-state index in [2.05, 4.69) is 0 Å². The van der Waals surface area contributed by atoms with Crippen molar-refractivity contribution < 1.29 is 14.6 Å². The molecule has 0 aromatic rings. The monoisotopic (exact) mass is 190 g/mol. The van der Waals surface area contributed by atoms with E-state index in [0.717, 1.165) is 0 Å². The number of rotatable bonds is 6. The van der Waals surface area contributed by atoms with E-state index in [1.54, 1.807) is 14.0 Å². The highest BCUT2D eigenvalue weighted by molar-refractivity contribution is 5.77. The highest BCUT2D eigenvalue weighted by Gasteiger charge is 2.14. The van der Waals surface area contributed by atoms with E-state index in [9.17, 15) is 4.79 Å². The molecule has 1 unspecified atom stereocenters. The van der Waals surface area contributed by atoms with E-state index < -0.39 is 0 Å². The predicted octanol–water partition coefficient (Wildman–Crippen LogP) is -1.20. The van der Waals surface area contributed by atoms with Crippen LogP contribution in [0.1, 0.15) is 6.92 Å². The van der Waals surface area contributed by atoms with Crippen molar-refractivity contribution in [3.05, 3.63) is 0 Å². The maximum absolute atomic E-state index is 11.3. The third-order valence-corrected chi connectivity index (χ3v) is 1.81. The van der Waals surface area contributed by atoms with Gasteiger partial charge >= 0.3 is 0 Å². The molecule has 0 aromatic carbocycles. The zero-order valence-corrected chi connectivity index (χ0v) is 8.19. The second kappa shape index (κ2) is 6.82. The van der Waals surface area contributed by atoms with Gasteiger partial charge in [-0.15, -0.1) is 0 Å². The number of ether oxygens (including phenoxy) is 1. The number of nitrogens with two attached hydrogens (primary N) is 1. The van der Waals surface area contributed by atoms with Crippen molar-refractivity contribution in [2.24, 2.45) is 5.73 Å². The lowest BCUT2D eigenvalue weighted by molar-refractivity contribution is -0.137. The number of amides is 1. The van der Waals surface area contributed by atoms with Gasteiger partial charge in [-0.05, 0) is 6.92 Å². The molecule has 78 valence electrons. The lowest BCUT2D eigenvalue weighted by atomic mass is 10.3. The molecule has 0 bridgehead atoms. The Kier molecular flexibility index (Phi) is 6.48. The third kappa shape index (κ3) is 4.82. The second-order valence-corrected chi connectivity index (χ2v) is 2.88. The lowest BCUT2D eigenvalue weighted by Crippen LogP contribution is -2.39. The van der Waals surface area contributed by atoms with Crippen molar-refractivity contribution in [3.63, 3.8) is 0 Å². The van der Waals surface area contributed by atoms with Crippen LogP contribution >= 0.6 is 0 Å². The second-order valence-electron chi connectivity index (χ2n) is 2.88. The molecule has 1 atom stereocenters. The topological polar surface area (TPSA) is 75.8 Å². The summed E-state index contributed by atoms with van der Waals surface area (Å²) in [4.78, 5) is 12.7. The van der Waals surface area contributed by atoms with Crippen molar-refractivity contribution in [1.29, 1.82) is 0 Å². The molecule has 0 aliphatic rings. The molecular weight excluding hydrogens is 172 g/mol. The lowest BCUT2D eigenvalue weighted by Gasteiger charge is -2.22. The molecule has 3 N–H and O–H groups in total. The fraction of sp³-hybridized carbons (Fsp3) is 0.875. The summed E-state index contributed by atoms with van der Waals surface area (Å²) < 4.78 is 4.96. The molecule has 0 aliphatic heterocycles. The maximum atomic E-state index is 11.3. The van der Waals surface area contributed by atoms with Gasteiger partial charge in [0.15, 0.2) is 0 Å². The average molecular weight is 190 g/mol. The highest BCUT2D eigenvalue weighted by atomic mass is 16.5. The summed E-state index contributed by atoms with van der Waals surface area (Å²) in [6.07, 6.45) is 0. The average Bonchev–Trinajstić information content (AvgIpc) is 2.15. The van der Waals surface area contributed by atoms with Gasteiger partial charge in [-0.3, -0.25) is 4.79 Å². The van der Waals surface area contributed by atoms with Crippen LogP contribution in [0.15, 0.2) is 0 Å². The Labute approximate surface area is 78.5 Å². The Hall–Kier alpha value is -0.650. The van der Waals surface area contributed by atoms with Crippen molar-refractivity contribution in [1.82, 2.24) is 4.90 Å². The van der Waals surface area contributed by atoms with Crippen molar-refractivity contribution in [2.45, 2.75) is 13.0 Å². The van der Waals surface area contributed by atoms with Gasteiger partial charge in [0.2, 0.25) is 5.91 Å². The number of likely N-dealkylation sites (N-methyl/N-ethyl adjacent to an activating group) is 1. The Morgan fingerprint density at radius 1 is 1.69 bits per heavy atom. The number of carbonyl (C=O) groups is 1. The molecule has 5 heteroatoms. The smallest absolute Gasteiger partial charge is 0.248 e. The van der Waals surface area contributed by atoms with Crippen LogP contribution < -0.4 is 5.73 Å². The first-order valence-electron chi connectivity index (χ1n) is 4.27. The van der Waals surface area contributed by atoms with Crippen LogP contribution in [-0.2, 0) is 9.53 Å². The summed E-state index contributed by atoms with van der Waals surface area (Å²) in [5.74, 6) is -0.144. The van der Waals surface area contributed by atoms with Crippen LogP contribution in [0.5, 0.6) is 0 Å². The molecule has 0 radical (unpaired) electrons. The fourth-order valence-electron chi connectivity index (χ4n) is 0.713. The number of hydrogen-bond donors (Lipinski definition) is 2.